The third kappa shape index (κ3) is 5.31. The Morgan fingerprint density at radius 1 is 0.980 bits per heavy atom. The van der Waals surface area contributed by atoms with Crippen LogP contribution in [0.1, 0.15) is 12.2 Å². The van der Waals surface area contributed by atoms with Crippen molar-refractivity contribution in [2.24, 2.45) is 0 Å². The second-order valence-corrected chi connectivity index (χ2v) is 12.6. The van der Waals surface area contributed by atoms with Crippen LogP contribution in [0.3, 0.4) is 0 Å². The van der Waals surface area contributed by atoms with E-state index in [1.165, 1.54) is 29.1 Å². The van der Waals surface area contributed by atoms with Gasteiger partial charge in [0.2, 0.25) is 11.9 Å². The number of nitrogens with two attached hydrogens (primary N) is 1. The van der Waals surface area contributed by atoms with Crippen LogP contribution in [0.2, 0.25) is 0 Å². The number of fused-ring (bicyclic) bond motifs is 6. The van der Waals surface area contributed by atoms with Crippen molar-refractivity contribution in [3.8, 4) is 16.9 Å². The van der Waals surface area contributed by atoms with Gasteiger partial charge in [-0.05, 0) is 43.7 Å². The monoisotopic (exact) mass is 683 g/mol. The average molecular weight is 684 g/mol. The van der Waals surface area contributed by atoms with Crippen LogP contribution < -0.4 is 16.0 Å². The molecule has 3 N–H and O–H groups in total. The molecule has 256 valence electrons. The number of aryl methyl sites for hydroxylation is 1. The number of imidazole rings is 1. The zero-order valence-corrected chi connectivity index (χ0v) is 27.3. The van der Waals surface area contributed by atoms with E-state index in [9.17, 15) is 18.0 Å². The number of nitrogens with zero attached hydrogens (tertiary/aromatic N) is 9. The number of nitrogen functional groups attached to an aromatic ring is 1. The van der Waals surface area contributed by atoms with Gasteiger partial charge in [-0.15, -0.1) is 0 Å². The van der Waals surface area contributed by atoms with E-state index in [1.807, 2.05) is 34.6 Å². The fraction of sp³-hybridized carbons (Fsp3) is 0.294. The average Bonchev–Trinajstić information content (AvgIpc) is 3.78. The molecule has 4 bridgehead atoms. The molecule has 0 radical (unpaired) electrons. The van der Waals surface area contributed by atoms with E-state index in [2.05, 4.69) is 25.4 Å². The maximum atomic E-state index is 15.0. The Labute approximate surface area is 283 Å². The smallest absolute Gasteiger partial charge is 0.245 e. The van der Waals surface area contributed by atoms with Crippen LogP contribution in [0.4, 0.5) is 30.8 Å². The molecule has 1 saturated heterocycles. The van der Waals surface area contributed by atoms with Crippen molar-refractivity contribution in [3.63, 3.8) is 0 Å². The van der Waals surface area contributed by atoms with E-state index in [0.717, 1.165) is 17.6 Å². The Bertz CT molecular complexity index is 2310. The molecule has 0 aliphatic carbocycles. The quantitative estimate of drug-likeness (QED) is 0.280. The fourth-order valence-corrected chi connectivity index (χ4v) is 7.07. The second kappa shape index (κ2) is 12.0. The maximum Gasteiger partial charge on any atom is 0.245 e. The second-order valence-electron chi connectivity index (χ2n) is 12.6. The zero-order chi connectivity index (χ0) is 34.8. The van der Waals surface area contributed by atoms with E-state index in [-0.39, 0.29) is 35.8 Å². The van der Waals surface area contributed by atoms with Crippen LogP contribution >= 0.6 is 0 Å². The minimum absolute atomic E-state index is 0.0244. The van der Waals surface area contributed by atoms with Crippen LogP contribution in [-0.2, 0) is 16.1 Å². The highest BCUT2D eigenvalue weighted by atomic mass is 19.1. The summed E-state index contributed by atoms with van der Waals surface area (Å²) in [6, 6.07) is 10.5. The van der Waals surface area contributed by atoms with E-state index in [4.69, 9.17) is 15.5 Å². The van der Waals surface area contributed by atoms with Crippen LogP contribution in [0.15, 0.2) is 54.7 Å². The normalized spacial score (nSPS) is 19.6. The number of carbonyl (C=O) groups is 1. The Kier molecular flexibility index (Phi) is 7.54. The van der Waals surface area contributed by atoms with E-state index < -0.39 is 29.6 Å². The minimum Gasteiger partial charge on any atom is -0.378 e. The molecular weight excluding hydrogens is 651 g/mol. The number of pyridine rings is 1. The minimum atomic E-state index is -0.832. The summed E-state index contributed by atoms with van der Waals surface area (Å²) in [6.07, 6.45) is 1.39. The highest BCUT2D eigenvalue weighted by Gasteiger charge is 2.41. The number of aromatic nitrogens is 7. The fourth-order valence-electron chi connectivity index (χ4n) is 7.07. The van der Waals surface area contributed by atoms with Gasteiger partial charge in [-0.25, -0.2) is 27.8 Å². The van der Waals surface area contributed by atoms with Gasteiger partial charge in [0.15, 0.2) is 11.5 Å². The molecule has 2 aromatic carbocycles. The highest BCUT2D eigenvalue weighted by Crippen LogP contribution is 2.35. The maximum absolute atomic E-state index is 15.0. The van der Waals surface area contributed by atoms with Gasteiger partial charge in [-0.2, -0.15) is 15.1 Å². The molecule has 50 heavy (non-hydrogen) atoms. The van der Waals surface area contributed by atoms with Gasteiger partial charge in [-0.1, -0.05) is 6.07 Å². The summed E-state index contributed by atoms with van der Waals surface area (Å²) in [5.41, 5.74) is 8.73. The number of halogens is 3. The molecule has 6 heterocycles. The summed E-state index contributed by atoms with van der Waals surface area (Å²) in [6.45, 7) is 2.73. The summed E-state index contributed by atoms with van der Waals surface area (Å²) >= 11 is 0. The summed E-state index contributed by atoms with van der Waals surface area (Å²) in [5, 5.41) is 8.24. The van der Waals surface area contributed by atoms with Gasteiger partial charge in [0, 0.05) is 51.0 Å². The molecule has 6 aromatic rings. The lowest BCUT2D eigenvalue weighted by molar-refractivity contribution is -0.132. The number of hydrogen-bond acceptors (Lipinski definition) is 10. The lowest BCUT2D eigenvalue weighted by Crippen LogP contribution is -2.47. The first-order valence-electron chi connectivity index (χ1n) is 16.0. The lowest BCUT2D eigenvalue weighted by atomic mass is 10.1. The number of nitrogens with one attached hydrogen (secondary N) is 1. The van der Waals surface area contributed by atoms with Crippen molar-refractivity contribution in [2.75, 3.05) is 43.2 Å². The Balaban J connectivity index is 1.24. The van der Waals surface area contributed by atoms with Gasteiger partial charge in [-0.3, -0.25) is 4.79 Å². The standard InChI is InChI=1S/C34H32F3N11O2/c1-17-40-26-11-19(36)9-22-25-5-4-6-29(42-25)41-20-12-28(33(49)45(2)15-21(50-3)16-46(17)30(22)26)47(14-20)31-23-13-39-48(32(23)44-34(38)43-31)27-8-7-18(35)10-24(27)37/h4-11,13,20-21,28H,12,14-16H2,1-3H3,(H,41,42)(H2,38,43,44)/t20-,21-,28-/m0/s1. The highest BCUT2D eigenvalue weighted by molar-refractivity contribution is 5.94. The Morgan fingerprint density at radius 3 is 2.62 bits per heavy atom. The van der Waals surface area contributed by atoms with E-state index in [1.54, 1.807) is 19.1 Å². The lowest BCUT2D eigenvalue weighted by Gasteiger charge is -2.31. The van der Waals surface area contributed by atoms with Crippen molar-refractivity contribution < 1.29 is 22.7 Å². The van der Waals surface area contributed by atoms with Crippen LogP contribution in [-0.4, -0.2) is 90.5 Å². The third-order valence-electron chi connectivity index (χ3n) is 9.37. The SMILES string of the molecule is CO[C@H]1CN(C)C(=O)[C@@H]2C[C@@H](CN2c2nc(N)nc3c2cnn3-c2ccc(F)cc2F)Nc2cccc(n2)-c2cc(F)cc3nc(C)n(c23)C1. The topological polar surface area (TPSA) is 145 Å². The van der Waals surface area contributed by atoms with Crippen LogP contribution in [0.25, 0.3) is 39.0 Å². The molecule has 16 heteroatoms. The molecule has 0 spiro atoms. The Hall–Kier alpha value is -5.77. The van der Waals surface area contributed by atoms with Crippen LogP contribution in [0, 0.1) is 24.4 Å². The van der Waals surface area contributed by atoms with Crippen molar-refractivity contribution >= 4 is 45.6 Å². The number of benzene rings is 2. The van der Waals surface area contributed by atoms with Gasteiger partial charge in [0.25, 0.3) is 0 Å². The molecule has 0 saturated carbocycles. The summed E-state index contributed by atoms with van der Waals surface area (Å²) < 4.78 is 52.6. The van der Waals surface area contributed by atoms with Gasteiger partial charge in [0.1, 0.15) is 40.8 Å². The van der Waals surface area contributed by atoms with Gasteiger partial charge < -0.3 is 30.2 Å². The van der Waals surface area contributed by atoms with Crippen LogP contribution in [0.5, 0.6) is 0 Å². The molecule has 3 atom stereocenters. The first-order chi connectivity index (χ1) is 24.1. The first kappa shape index (κ1) is 31.5. The predicted octanol–water partition coefficient (Wildman–Crippen LogP) is 4.08. The number of methoxy groups -OCH3 is 1. The predicted molar refractivity (Wildman–Crippen MR) is 180 cm³/mol. The van der Waals surface area contributed by atoms with Crippen molar-refractivity contribution in [3.05, 3.63) is 78.0 Å². The largest absolute Gasteiger partial charge is 0.378 e. The number of ether oxygens (including phenoxy) is 1. The number of amides is 1. The molecule has 1 fully saturated rings. The van der Waals surface area contributed by atoms with Gasteiger partial charge in [0.05, 0.1) is 41.0 Å². The number of hydrogen-bond donors (Lipinski definition) is 2. The zero-order valence-electron chi connectivity index (χ0n) is 27.3. The summed E-state index contributed by atoms with van der Waals surface area (Å²) in [7, 11) is 3.30. The molecule has 2 aliphatic rings. The molecule has 13 nitrogen and oxygen atoms in total. The van der Waals surface area contributed by atoms with Crippen molar-refractivity contribution in [1.82, 2.24) is 39.2 Å². The van der Waals surface area contributed by atoms with Crippen molar-refractivity contribution in [1.29, 1.82) is 0 Å². The summed E-state index contributed by atoms with van der Waals surface area (Å²) in [5.74, 6) is -0.763. The summed E-state index contributed by atoms with van der Waals surface area (Å²) in [4.78, 5) is 36.2. The molecule has 4 aromatic heterocycles. The van der Waals surface area contributed by atoms with Gasteiger partial charge >= 0.3 is 0 Å². The van der Waals surface area contributed by atoms with Crippen molar-refractivity contribution in [2.45, 2.75) is 38.1 Å². The first-order valence-corrected chi connectivity index (χ1v) is 16.0. The number of rotatable bonds is 3. The number of carbonyl (C=O) groups excluding carboxylic acids is 1. The number of likely N-dealkylation sites (N-methyl/N-ethyl adjacent to an activating group) is 1. The third-order valence-corrected chi connectivity index (χ3v) is 9.37. The molecule has 0 unspecified atom stereocenters. The Morgan fingerprint density at radius 2 is 1.82 bits per heavy atom. The molecular formula is C34H32F3N11O2. The number of anilines is 3. The van der Waals surface area contributed by atoms with E-state index in [0.29, 0.717) is 59.1 Å². The van der Waals surface area contributed by atoms with E-state index >= 15 is 0 Å². The molecule has 2 aliphatic heterocycles. The molecule has 1 amide bonds. The molecule has 8 rings (SSSR count).